The molecule has 0 fully saturated rings. The van der Waals surface area contributed by atoms with Gasteiger partial charge in [0.15, 0.2) is 11.6 Å². The van der Waals surface area contributed by atoms with Crippen molar-refractivity contribution in [2.75, 3.05) is 13.2 Å². The lowest BCUT2D eigenvalue weighted by Gasteiger charge is -2.12. The van der Waals surface area contributed by atoms with Gasteiger partial charge in [-0.15, -0.1) is 0 Å². The van der Waals surface area contributed by atoms with E-state index in [1.54, 1.807) is 0 Å². The molecule has 144 valence electrons. The molecule has 5 nitrogen and oxygen atoms in total. The minimum absolute atomic E-state index is 0.0151. The molecule has 3 aromatic rings. The number of Topliss-reactive ketones (excluding diaryl/α,β-unsaturated/α-hetero) is 2. The Kier molecular flexibility index (Phi) is 4.02. The molecule has 0 amide bonds. The summed E-state index contributed by atoms with van der Waals surface area (Å²) < 4.78 is 11.6. The molecule has 0 saturated carbocycles. The fourth-order valence-corrected chi connectivity index (χ4v) is 4.73. The van der Waals surface area contributed by atoms with Crippen LogP contribution in [0.15, 0.2) is 18.2 Å². The van der Waals surface area contributed by atoms with E-state index in [9.17, 15) is 9.59 Å². The quantitative estimate of drug-likeness (QED) is 0.529. The third kappa shape index (κ3) is 2.49. The second-order valence-corrected chi connectivity index (χ2v) is 7.91. The SMILES string of the molecule is CC(C)OCCOc1cccc2[nH]c3c4c(c5c(c3c12)C(=O)CC5=O)CCC4. The molecule has 0 aliphatic heterocycles. The number of H-pyrrole nitrogens is 1. The minimum atomic E-state index is -0.0708. The lowest BCUT2D eigenvalue weighted by molar-refractivity contribution is 0.0556. The van der Waals surface area contributed by atoms with Gasteiger partial charge < -0.3 is 14.5 Å². The number of benzene rings is 2. The van der Waals surface area contributed by atoms with Gasteiger partial charge >= 0.3 is 0 Å². The summed E-state index contributed by atoms with van der Waals surface area (Å²) in [4.78, 5) is 28.9. The van der Waals surface area contributed by atoms with Gasteiger partial charge in [-0.05, 0) is 56.4 Å². The van der Waals surface area contributed by atoms with Crippen LogP contribution in [-0.4, -0.2) is 35.9 Å². The number of ether oxygens (including phenoxy) is 2. The highest BCUT2D eigenvalue weighted by molar-refractivity contribution is 6.33. The number of fused-ring (bicyclic) bond motifs is 8. The Balaban J connectivity index is 1.73. The highest BCUT2D eigenvalue weighted by Gasteiger charge is 2.37. The topological polar surface area (TPSA) is 68.4 Å². The molecule has 0 bridgehead atoms. The summed E-state index contributed by atoms with van der Waals surface area (Å²) >= 11 is 0. The molecule has 0 atom stereocenters. The lowest BCUT2D eigenvalue weighted by Crippen LogP contribution is -2.11. The molecule has 2 aromatic carbocycles. The number of carbonyl (C=O) groups excluding carboxylic acids is 2. The van der Waals surface area contributed by atoms with Crippen LogP contribution < -0.4 is 4.74 Å². The number of hydrogen-bond acceptors (Lipinski definition) is 4. The Labute approximate surface area is 163 Å². The molecule has 0 radical (unpaired) electrons. The molecule has 0 unspecified atom stereocenters. The van der Waals surface area contributed by atoms with Gasteiger partial charge in [0, 0.05) is 16.5 Å². The Bertz CT molecular complexity index is 1140. The Hall–Kier alpha value is -2.66. The fraction of sp³-hybridized carbons (Fsp3) is 0.391. The standard InChI is InChI=1S/C23H23NO4/c1-12(2)27-9-10-28-18-8-4-7-15-20(18)22-21-17(26)11-16(25)19(21)13-5-3-6-14(13)23(22)24-15/h4,7-8,12,24H,3,5-6,9-11H2,1-2H3. The van der Waals surface area contributed by atoms with Crippen molar-refractivity contribution in [1.29, 1.82) is 0 Å². The molecule has 1 heterocycles. The molecule has 2 aliphatic rings. The van der Waals surface area contributed by atoms with Gasteiger partial charge in [0.05, 0.1) is 35.6 Å². The van der Waals surface area contributed by atoms with Crippen LogP contribution in [0.2, 0.25) is 0 Å². The Morgan fingerprint density at radius 3 is 2.61 bits per heavy atom. The van der Waals surface area contributed by atoms with E-state index in [1.807, 2.05) is 32.0 Å². The first kappa shape index (κ1) is 17.4. The van der Waals surface area contributed by atoms with Crippen molar-refractivity contribution in [1.82, 2.24) is 4.98 Å². The first-order valence-corrected chi connectivity index (χ1v) is 9.99. The summed E-state index contributed by atoms with van der Waals surface area (Å²) in [6, 6.07) is 5.87. The number of nitrogens with one attached hydrogen (secondary N) is 1. The van der Waals surface area contributed by atoms with Crippen LogP contribution in [0.5, 0.6) is 5.75 Å². The van der Waals surface area contributed by atoms with Crippen molar-refractivity contribution < 1.29 is 19.1 Å². The van der Waals surface area contributed by atoms with Crippen LogP contribution in [0.25, 0.3) is 21.8 Å². The number of hydrogen-bond donors (Lipinski definition) is 1. The van der Waals surface area contributed by atoms with E-state index in [0.717, 1.165) is 52.4 Å². The molecule has 1 aromatic heterocycles. The van der Waals surface area contributed by atoms with Crippen LogP contribution in [0.4, 0.5) is 0 Å². The average molecular weight is 377 g/mol. The third-order valence-corrected chi connectivity index (χ3v) is 5.78. The summed E-state index contributed by atoms with van der Waals surface area (Å²) in [6.07, 6.45) is 2.97. The lowest BCUT2D eigenvalue weighted by atomic mass is 9.93. The van der Waals surface area contributed by atoms with Crippen molar-refractivity contribution >= 4 is 33.4 Å². The van der Waals surface area contributed by atoms with Gasteiger partial charge in [-0.2, -0.15) is 0 Å². The summed E-state index contributed by atoms with van der Waals surface area (Å²) in [6.45, 7) is 4.92. The van der Waals surface area contributed by atoms with Crippen molar-refractivity contribution in [2.24, 2.45) is 0 Å². The molecule has 0 saturated heterocycles. The second kappa shape index (κ2) is 6.45. The van der Waals surface area contributed by atoms with E-state index in [1.165, 1.54) is 5.56 Å². The van der Waals surface area contributed by atoms with Gasteiger partial charge in [-0.25, -0.2) is 0 Å². The van der Waals surface area contributed by atoms with Gasteiger partial charge in [-0.1, -0.05) is 6.07 Å². The van der Waals surface area contributed by atoms with E-state index in [-0.39, 0.29) is 24.1 Å². The van der Waals surface area contributed by atoms with E-state index in [4.69, 9.17) is 9.47 Å². The van der Waals surface area contributed by atoms with Gasteiger partial charge in [0.25, 0.3) is 0 Å². The number of ketones is 2. The highest BCUT2D eigenvalue weighted by atomic mass is 16.5. The maximum Gasteiger partial charge on any atom is 0.172 e. The molecule has 0 spiro atoms. The molecular weight excluding hydrogens is 354 g/mol. The van der Waals surface area contributed by atoms with Crippen LogP contribution in [0.3, 0.4) is 0 Å². The molecule has 5 rings (SSSR count). The molecule has 1 N–H and O–H groups in total. The van der Waals surface area contributed by atoms with Crippen LogP contribution >= 0.6 is 0 Å². The van der Waals surface area contributed by atoms with Crippen molar-refractivity contribution in [3.05, 3.63) is 40.5 Å². The van der Waals surface area contributed by atoms with E-state index < -0.39 is 0 Å². The predicted octanol–water partition coefficient (Wildman–Crippen LogP) is 4.38. The summed E-state index contributed by atoms with van der Waals surface area (Å²) in [5.74, 6) is 0.625. The van der Waals surface area contributed by atoms with E-state index >= 15 is 0 Å². The number of aromatic amines is 1. The maximum absolute atomic E-state index is 12.8. The zero-order chi connectivity index (χ0) is 19.4. The normalized spacial score (nSPS) is 15.8. The van der Waals surface area contributed by atoms with Crippen LogP contribution in [0.1, 0.15) is 58.5 Å². The fourth-order valence-electron chi connectivity index (χ4n) is 4.73. The Morgan fingerprint density at radius 2 is 1.79 bits per heavy atom. The average Bonchev–Trinajstić information content (AvgIpc) is 3.34. The molecule has 2 aliphatic carbocycles. The van der Waals surface area contributed by atoms with E-state index in [2.05, 4.69) is 4.98 Å². The largest absolute Gasteiger partial charge is 0.490 e. The molecule has 5 heteroatoms. The molecular formula is C23H23NO4. The first-order valence-electron chi connectivity index (χ1n) is 9.99. The first-order chi connectivity index (χ1) is 13.6. The summed E-state index contributed by atoms with van der Waals surface area (Å²) in [5.41, 5.74) is 5.48. The minimum Gasteiger partial charge on any atom is -0.490 e. The Morgan fingerprint density at radius 1 is 1.00 bits per heavy atom. The summed E-state index contributed by atoms with van der Waals surface area (Å²) in [7, 11) is 0. The number of aryl methyl sites for hydroxylation is 1. The monoisotopic (exact) mass is 377 g/mol. The van der Waals surface area contributed by atoms with Crippen LogP contribution in [0, 0.1) is 0 Å². The van der Waals surface area contributed by atoms with Gasteiger partial charge in [0.1, 0.15) is 12.4 Å². The van der Waals surface area contributed by atoms with Crippen molar-refractivity contribution in [3.63, 3.8) is 0 Å². The highest BCUT2D eigenvalue weighted by Crippen LogP contribution is 2.45. The van der Waals surface area contributed by atoms with Crippen LogP contribution in [-0.2, 0) is 17.6 Å². The van der Waals surface area contributed by atoms with Crippen molar-refractivity contribution in [3.8, 4) is 5.75 Å². The summed E-state index contributed by atoms with van der Waals surface area (Å²) in [5, 5.41) is 1.76. The second-order valence-electron chi connectivity index (χ2n) is 7.91. The maximum atomic E-state index is 12.8. The third-order valence-electron chi connectivity index (χ3n) is 5.78. The number of carbonyl (C=O) groups is 2. The van der Waals surface area contributed by atoms with E-state index in [0.29, 0.717) is 24.3 Å². The van der Waals surface area contributed by atoms with Gasteiger partial charge in [-0.3, -0.25) is 9.59 Å². The molecule has 28 heavy (non-hydrogen) atoms. The number of aromatic nitrogens is 1. The van der Waals surface area contributed by atoms with Gasteiger partial charge in [0.2, 0.25) is 0 Å². The predicted molar refractivity (Wildman–Crippen MR) is 108 cm³/mol. The zero-order valence-corrected chi connectivity index (χ0v) is 16.2. The smallest absolute Gasteiger partial charge is 0.172 e. The number of rotatable bonds is 5. The van der Waals surface area contributed by atoms with Crippen molar-refractivity contribution in [2.45, 2.75) is 45.6 Å². The zero-order valence-electron chi connectivity index (χ0n) is 16.2.